The van der Waals surface area contributed by atoms with Crippen LogP contribution in [0.15, 0.2) is 54.7 Å². The molecule has 1 aromatic carbocycles. The number of carbonyl (C=O) groups is 2. The lowest BCUT2D eigenvalue weighted by Crippen LogP contribution is -2.37. The van der Waals surface area contributed by atoms with Gasteiger partial charge in [0.05, 0.1) is 6.54 Å². The molecule has 0 fully saturated rings. The van der Waals surface area contributed by atoms with Gasteiger partial charge in [-0.1, -0.05) is 24.3 Å². The van der Waals surface area contributed by atoms with E-state index < -0.39 is 5.97 Å². The first-order chi connectivity index (χ1) is 10.1. The molecule has 108 valence electrons. The molecule has 0 saturated carbocycles. The average molecular weight is 285 g/mol. The molecule has 0 unspecified atom stereocenters. The third-order valence-electron chi connectivity index (χ3n) is 2.69. The number of hydrogen-bond donors (Lipinski definition) is 2. The Morgan fingerprint density at radius 2 is 1.76 bits per heavy atom. The van der Waals surface area contributed by atoms with E-state index in [-0.39, 0.29) is 19.0 Å². The number of anilines is 2. The zero-order valence-corrected chi connectivity index (χ0v) is 11.3. The molecule has 0 spiro atoms. The topological polar surface area (TPSA) is 82.5 Å². The van der Waals surface area contributed by atoms with Crippen molar-refractivity contribution in [2.75, 3.05) is 23.3 Å². The lowest BCUT2D eigenvalue weighted by atomic mass is 10.3. The number of carboxylic acids is 1. The molecule has 0 atom stereocenters. The van der Waals surface area contributed by atoms with Crippen LogP contribution in [0, 0.1) is 0 Å². The van der Waals surface area contributed by atoms with E-state index in [4.69, 9.17) is 5.11 Å². The maximum atomic E-state index is 12.0. The van der Waals surface area contributed by atoms with Gasteiger partial charge in [0.25, 0.3) is 0 Å². The minimum Gasteiger partial charge on any atom is -0.480 e. The quantitative estimate of drug-likeness (QED) is 0.842. The van der Waals surface area contributed by atoms with E-state index in [2.05, 4.69) is 10.3 Å². The summed E-state index contributed by atoms with van der Waals surface area (Å²) in [5, 5.41) is 11.7. The highest BCUT2D eigenvalue weighted by Crippen LogP contribution is 2.10. The molecule has 0 aliphatic carbocycles. The summed E-state index contributed by atoms with van der Waals surface area (Å²) in [6.45, 7) is -0.378. The average Bonchev–Trinajstić information content (AvgIpc) is 2.48. The van der Waals surface area contributed by atoms with E-state index in [1.165, 1.54) is 4.90 Å². The fourth-order valence-electron chi connectivity index (χ4n) is 1.82. The number of amides is 1. The van der Waals surface area contributed by atoms with Gasteiger partial charge in [-0.3, -0.25) is 9.59 Å². The van der Waals surface area contributed by atoms with Crippen molar-refractivity contribution in [3.8, 4) is 0 Å². The monoisotopic (exact) mass is 285 g/mol. The summed E-state index contributed by atoms with van der Waals surface area (Å²) in [7, 11) is 0. The summed E-state index contributed by atoms with van der Waals surface area (Å²) in [6.07, 6.45) is 1.55. The van der Waals surface area contributed by atoms with Crippen molar-refractivity contribution in [2.45, 2.75) is 0 Å². The first-order valence-electron chi connectivity index (χ1n) is 6.38. The van der Waals surface area contributed by atoms with Crippen LogP contribution in [0.5, 0.6) is 0 Å². The molecule has 1 heterocycles. The molecule has 6 nitrogen and oxygen atoms in total. The third kappa shape index (κ3) is 4.61. The van der Waals surface area contributed by atoms with Gasteiger partial charge >= 0.3 is 5.97 Å². The lowest BCUT2D eigenvalue weighted by Gasteiger charge is -2.20. The smallest absolute Gasteiger partial charge is 0.323 e. The normalized spacial score (nSPS) is 9.90. The predicted molar refractivity (Wildman–Crippen MR) is 79.2 cm³/mol. The van der Waals surface area contributed by atoms with E-state index in [0.29, 0.717) is 11.5 Å². The highest BCUT2D eigenvalue weighted by molar-refractivity contribution is 5.94. The second-order valence-corrected chi connectivity index (χ2v) is 4.35. The molecule has 21 heavy (non-hydrogen) atoms. The van der Waals surface area contributed by atoms with Crippen molar-refractivity contribution in [1.82, 2.24) is 4.98 Å². The Kier molecular flexibility index (Phi) is 4.87. The predicted octanol–water partition coefficient (Wildman–Crippen LogP) is 1.61. The highest BCUT2D eigenvalue weighted by Gasteiger charge is 2.15. The van der Waals surface area contributed by atoms with Crippen LogP contribution in [0.4, 0.5) is 11.5 Å². The zero-order chi connectivity index (χ0) is 15.1. The first-order valence-corrected chi connectivity index (χ1v) is 6.38. The largest absolute Gasteiger partial charge is 0.480 e. The van der Waals surface area contributed by atoms with Crippen LogP contribution in [0.3, 0.4) is 0 Å². The summed E-state index contributed by atoms with van der Waals surface area (Å²) >= 11 is 0. The van der Waals surface area contributed by atoms with Gasteiger partial charge < -0.3 is 15.3 Å². The minimum absolute atomic E-state index is 0.0851. The maximum Gasteiger partial charge on any atom is 0.323 e. The van der Waals surface area contributed by atoms with E-state index in [0.717, 1.165) is 0 Å². The number of hydrogen-bond acceptors (Lipinski definition) is 4. The standard InChI is InChI=1S/C15H15N3O3/c19-14(17-12-6-2-1-3-7-12)10-18(11-15(20)21)13-8-4-5-9-16-13/h1-9H,10-11H2,(H,17,19)(H,20,21). The number of aliphatic carboxylic acids is 1. The van der Waals surface area contributed by atoms with Crippen LogP contribution in [-0.4, -0.2) is 35.1 Å². The molecule has 2 rings (SSSR count). The molecule has 6 heteroatoms. The van der Waals surface area contributed by atoms with Gasteiger partial charge in [-0.15, -0.1) is 0 Å². The molecular weight excluding hydrogens is 270 g/mol. The van der Waals surface area contributed by atoms with Crippen molar-refractivity contribution in [3.63, 3.8) is 0 Å². The molecule has 0 aliphatic heterocycles. The van der Waals surface area contributed by atoms with Crippen molar-refractivity contribution in [2.24, 2.45) is 0 Å². The van der Waals surface area contributed by atoms with Crippen LogP contribution in [0.25, 0.3) is 0 Å². The molecule has 0 radical (unpaired) electrons. The number of aromatic nitrogens is 1. The van der Waals surface area contributed by atoms with Gasteiger partial charge in [0.2, 0.25) is 5.91 Å². The van der Waals surface area contributed by atoms with Crippen molar-refractivity contribution in [1.29, 1.82) is 0 Å². The van der Waals surface area contributed by atoms with Crippen LogP contribution in [0.2, 0.25) is 0 Å². The summed E-state index contributed by atoms with van der Waals surface area (Å²) in [5.74, 6) is -0.871. The van der Waals surface area contributed by atoms with Gasteiger partial charge in [0, 0.05) is 11.9 Å². The van der Waals surface area contributed by atoms with Gasteiger partial charge in [-0.25, -0.2) is 4.98 Å². The number of nitrogens with one attached hydrogen (secondary N) is 1. The van der Waals surface area contributed by atoms with E-state index >= 15 is 0 Å². The first kappa shape index (κ1) is 14.5. The molecule has 1 aromatic heterocycles. The lowest BCUT2D eigenvalue weighted by molar-refractivity contribution is -0.135. The van der Waals surface area contributed by atoms with Gasteiger partial charge in [-0.05, 0) is 24.3 Å². The Labute approximate surface area is 122 Å². The van der Waals surface area contributed by atoms with Crippen LogP contribution in [-0.2, 0) is 9.59 Å². The molecule has 0 aliphatic rings. The van der Waals surface area contributed by atoms with Crippen LogP contribution >= 0.6 is 0 Å². The van der Waals surface area contributed by atoms with Gasteiger partial charge in [-0.2, -0.15) is 0 Å². The number of rotatable bonds is 6. The summed E-state index contributed by atoms with van der Waals surface area (Å²) in [5.41, 5.74) is 0.666. The molecule has 1 amide bonds. The number of carboxylic acid groups (broad SMARTS) is 1. The van der Waals surface area contributed by atoms with Crippen LogP contribution < -0.4 is 10.2 Å². The minimum atomic E-state index is -1.02. The second kappa shape index (κ2) is 7.04. The Morgan fingerprint density at radius 1 is 1.05 bits per heavy atom. The van der Waals surface area contributed by atoms with E-state index in [9.17, 15) is 9.59 Å². The molecule has 2 N–H and O–H groups in total. The van der Waals surface area contributed by atoms with Crippen molar-refractivity contribution in [3.05, 3.63) is 54.7 Å². The Hall–Kier alpha value is -2.89. The fraction of sp³-hybridized carbons (Fsp3) is 0.133. The fourth-order valence-corrected chi connectivity index (χ4v) is 1.82. The molecule has 0 bridgehead atoms. The van der Waals surface area contributed by atoms with Crippen molar-refractivity contribution >= 4 is 23.4 Å². The number of carbonyl (C=O) groups excluding carboxylic acids is 1. The van der Waals surface area contributed by atoms with Gasteiger partial charge in [0.15, 0.2) is 0 Å². The number of pyridine rings is 1. The van der Waals surface area contributed by atoms with Gasteiger partial charge in [0.1, 0.15) is 12.4 Å². The van der Waals surface area contributed by atoms with E-state index in [1.807, 2.05) is 18.2 Å². The summed E-state index contributed by atoms with van der Waals surface area (Å²) in [4.78, 5) is 28.4. The Morgan fingerprint density at radius 3 is 2.38 bits per heavy atom. The van der Waals surface area contributed by atoms with Crippen molar-refractivity contribution < 1.29 is 14.7 Å². The molecule has 2 aromatic rings. The number of nitrogens with zero attached hydrogens (tertiary/aromatic N) is 2. The SMILES string of the molecule is O=C(O)CN(CC(=O)Nc1ccccc1)c1ccccn1. The molecular formula is C15H15N3O3. The number of para-hydroxylation sites is 1. The second-order valence-electron chi connectivity index (χ2n) is 4.35. The third-order valence-corrected chi connectivity index (χ3v) is 2.69. The highest BCUT2D eigenvalue weighted by atomic mass is 16.4. The molecule has 0 saturated heterocycles. The Bertz CT molecular complexity index is 602. The maximum absolute atomic E-state index is 12.0. The van der Waals surface area contributed by atoms with E-state index in [1.54, 1.807) is 36.5 Å². The zero-order valence-electron chi connectivity index (χ0n) is 11.3. The number of benzene rings is 1. The summed E-state index contributed by atoms with van der Waals surface area (Å²) in [6, 6.07) is 14.1. The Balaban J connectivity index is 2.05. The van der Waals surface area contributed by atoms with Crippen LogP contribution in [0.1, 0.15) is 0 Å². The summed E-state index contributed by atoms with van der Waals surface area (Å²) < 4.78 is 0.